The highest BCUT2D eigenvalue weighted by molar-refractivity contribution is 7.10. The number of rotatable bonds is 5. The van der Waals surface area contributed by atoms with Crippen LogP contribution in [0, 0.1) is 0 Å². The lowest BCUT2D eigenvalue weighted by Gasteiger charge is -2.20. The molecule has 25 heavy (non-hydrogen) atoms. The summed E-state index contributed by atoms with van der Waals surface area (Å²) in [5.41, 5.74) is 2.16. The van der Waals surface area contributed by atoms with Gasteiger partial charge in [0, 0.05) is 37.3 Å². The lowest BCUT2D eigenvalue weighted by molar-refractivity contribution is -0.910. The molecular weight excluding hydrogens is 330 g/mol. The van der Waals surface area contributed by atoms with Gasteiger partial charge in [0.2, 0.25) is 0 Å². The van der Waals surface area contributed by atoms with Gasteiger partial charge in [0.05, 0.1) is 11.4 Å². The van der Waals surface area contributed by atoms with Crippen LogP contribution < -0.4 is 15.1 Å². The van der Waals surface area contributed by atoms with Crippen molar-refractivity contribution in [1.29, 1.82) is 0 Å². The second kappa shape index (κ2) is 7.58. The number of carbonyl (C=O) groups excluding carboxylic acids is 1. The van der Waals surface area contributed by atoms with Gasteiger partial charge in [-0.3, -0.25) is 4.79 Å². The van der Waals surface area contributed by atoms with Crippen LogP contribution in [0.25, 0.3) is 0 Å². The zero-order valence-corrected chi connectivity index (χ0v) is 15.4. The molecule has 1 aromatic carbocycles. The van der Waals surface area contributed by atoms with E-state index >= 15 is 0 Å². The predicted octanol–water partition coefficient (Wildman–Crippen LogP) is 2.71. The molecule has 1 unspecified atom stereocenters. The Morgan fingerprint density at radius 3 is 2.68 bits per heavy atom. The number of thiophene rings is 1. The lowest BCUT2D eigenvalue weighted by atomic mass is 10.2. The molecular formula is C20H26N3OS+. The van der Waals surface area contributed by atoms with Gasteiger partial charge in [-0.1, -0.05) is 6.07 Å². The third-order valence-corrected chi connectivity index (χ3v) is 6.37. The van der Waals surface area contributed by atoms with E-state index in [0.717, 1.165) is 25.3 Å². The summed E-state index contributed by atoms with van der Waals surface area (Å²) in [7, 11) is 0. The number of carbonyl (C=O) groups is 1. The highest BCUT2D eigenvalue weighted by Crippen LogP contribution is 2.24. The molecule has 2 aliphatic heterocycles. The minimum absolute atomic E-state index is 0.118. The second-order valence-corrected chi connectivity index (χ2v) is 8.06. The average molecular weight is 357 g/mol. The minimum Gasteiger partial charge on any atom is -0.372 e. The molecule has 2 aliphatic rings. The third kappa shape index (κ3) is 3.88. The molecule has 2 atom stereocenters. The first-order valence-electron chi connectivity index (χ1n) is 9.32. The van der Waals surface area contributed by atoms with Gasteiger partial charge in [0.15, 0.2) is 6.54 Å². The maximum Gasteiger partial charge on any atom is 0.279 e. The molecule has 0 bridgehead atoms. The van der Waals surface area contributed by atoms with Crippen molar-refractivity contribution < 1.29 is 9.69 Å². The maximum atomic E-state index is 12.5. The van der Waals surface area contributed by atoms with Crippen molar-refractivity contribution in [3.05, 3.63) is 46.7 Å². The fourth-order valence-electron chi connectivity index (χ4n) is 4.10. The Bertz CT molecular complexity index is 692. The van der Waals surface area contributed by atoms with Gasteiger partial charge in [-0.25, -0.2) is 0 Å². The van der Waals surface area contributed by atoms with Gasteiger partial charge in [-0.15, -0.1) is 11.3 Å². The highest BCUT2D eigenvalue weighted by atomic mass is 32.1. The average Bonchev–Trinajstić information content (AvgIpc) is 3.37. The number of nitrogens with zero attached hydrogens (tertiary/aromatic N) is 1. The Morgan fingerprint density at radius 2 is 1.96 bits per heavy atom. The molecule has 0 radical (unpaired) electrons. The van der Waals surface area contributed by atoms with Crippen molar-refractivity contribution in [2.75, 3.05) is 36.4 Å². The summed E-state index contributed by atoms with van der Waals surface area (Å²) in [5.74, 6) is 0.118. The predicted molar refractivity (Wildman–Crippen MR) is 104 cm³/mol. The van der Waals surface area contributed by atoms with Gasteiger partial charge >= 0.3 is 0 Å². The van der Waals surface area contributed by atoms with E-state index < -0.39 is 0 Å². The van der Waals surface area contributed by atoms with E-state index in [4.69, 9.17) is 0 Å². The fourth-order valence-corrected chi connectivity index (χ4v) is 5.02. The van der Waals surface area contributed by atoms with Gasteiger partial charge in [-0.05, 0) is 48.6 Å². The van der Waals surface area contributed by atoms with E-state index in [0.29, 0.717) is 12.6 Å². The van der Waals surface area contributed by atoms with E-state index in [-0.39, 0.29) is 5.91 Å². The van der Waals surface area contributed by atoms with E-state index in [9.17, 15) is 4.79 Å². The Balaban J connectivity index is 1.34. The molecule has 4 nitrogen and oxygen atoms in total. The first kappa shape index (κ1) is 16.6. The summed E-state index contributed by atoms with van der Waals surface area (Å²) < 4.78 is 0. The van der Waals surface area contributed by atoms with Gasteiger partial charge in [0.25, 0.3) is 5.91 Å². The second-order valence-electron chi connectivity index (χ2n) is 7.08. The van der Waals surface area contributed by atoms with Crippen molar-refractivity contribution in [1.82, 2.24) is 0 Å². The van der Waals surface area contributed by atoms with Crippen molar-refractivity contribution >= 4 is 28.6 Å². The highest BCUT2D eigenvalue weighted by Gasteiger charge is 2.32. The van der Waals surface area contributed by atoms with Gasteiger partial charge in [0.1, 0.15) is 6.04 Å². The zero-order valence-electron chi connectivity index (χ0n) is 14.5. The summed E-state index contributed by atoms with van der Waals surface area (Å²) in [6, 6.07) is 13.1. The molecule has 5 heteroatoms. The topological polar surface area (TPSA) is 36.8 Å². The Hall–Kier alpha value is -1.85. The fraction of sp³-hybridized carbons (Fsp3) is 0.450. The molecule has 0 spiro atoms. The first-order valence-corrected chi connectivity index (χ1v) is 10.2. The molecule has 2 fully saturated rings. The molecule has 4 rings (SSSR count). The molecule has 1 aromatic heterocycles. The Morgan fingerprint density at radius 1 is 1.16 bits per heavy atom. The first-order chi connectivity index (χ1) is 12.3. The summed E-state index contributed by atoms with van der Waals surface area (Å²) in [6.45, 7) is 3.93. The van der Waals surface area contributed by atoms with Crippen LogP contribution in [-0.4, -0.2) is 32.1 Å². The standard InChI is InChI=1S/C20H25N3OS/c24-20(15-23-13-3-5-18(23)19-6-4-14-25-19)21-16-7-9-17(10-8-16)22-11-1-2-12-22/h4,6-10,14,18H,1-3,5,11-13,15H2,(H,21,24)/p+1/t18-/m0/s1. The van der Waals surface area contributed by atoms with Crippen LogP contribution >= 0.6 is 11.3 Å². The summed E-state index contributed by atoms with van der Waals surface area (Å²) in [4.78, 5) is 17.7. The van der Waals surface area contributed by atoms with Gasteiger partial charge < -0.3 is 15.1 Å². The van der Waals surface area contributed by atoms with Crippen LogP contribution in [0.15, 0.2) is 41.8 Å². The molecule has 0 saturated carbocycles. The largest absolute Gasteiger partial charge is 0.372 e. The Kier molecular flexibility index (Phi) is 5.04. The smallest absolute Gasteiger partial charge is 0.279 e. The van der Waals surface area contributed by atoms with Gasteiger partial charge in [-0.2, -0.15) is 0 Å². The molecule has 1 amide bonds. The normalized spacial score (nSPS) is 23.1. The molecule has 132 valence electrons. The quantitative estimate of drug-likeness (QED) is 0.864. The van der Waals surface area contributed by atoms with E-state index in [2.05, 4.69) is 39.9 Å². The number of likely N-dealkylation sites (tertiary alicyclic amines) is 1. The van der Waals surface area contributed by atoms with Crippen LogP contribution in [0.4, 0.5) is 11.4 Å². The van der Waals surface area contributed by atoms with Crippen molar-refractivity contribution in [2.45, 2.75) is 31.7 Å². The molecule has 3 heterocycles. The number of amides is 1. The number of benzene rings is 1. The molecule has 2 saturated heterocycles. The monoisotopic (exact) mass is 356 g/mol. The van der Waals surface area contributed by atoms with Crippen LogP contribution in [0.2, 0.25) is 0 Å². The van der Waals surface area contributed by atoms with Crippen molar-refractivity contribution in [2.24, 2.45) is 0 Å². The number of nitrogens with one attached hydrogen (secondary N) is 2. The zero-order chi connectivity index (χ0) is 17.1. The molecule has 0 aliphatic carbocycles. The number of hydrogen-bond donors (Lipinski definition) is 2. The molecule has 2 aromatic rings. The molecule has 2 N–H and O–H groups in total. The summed E-state index contributed by atoms with van der Waals surface area (Å²) in [5, 5.41) is 5.21. The summed E-state index contributed by atoms with van der Waals surface area (Å²) >= 11 is 1.81. The Labute approximate surface area is 153 Å². The SMILES string of the molecule is O=C(C[NH+]1CCC[C@H]1c1cccs1)Nc1ccc(N2CCCC2)cc1. The third-order valence-electron chi connectivity index (χ3n) is 5.38. The van der Waals surface area contributed by atoms with Crippen molar-refractivity contribution in [3.63, 3.8) is 0 Å². The van der Waals surface area contributed by atoms with Crippen LogP contribution in [0.5, 0.6) is 0 Å². The van der Waals surface area contributed by atoms with Crippen molar-refractivity contribution in [3.8, 4) is 0 Å². The van der Waals surface area contributed by atoms with E-state index in [1.807, 2.05) is 23.5 Å². The number of quaternary nitrogens is 1. The van der Waals surface area contributed by atoms with E-state index in [1.165, 1.54) is 41.1 Å². The van der Waals surface area contributed by atoms with E-state index in [1.54, 1.807) is 0 Å². The maximum absolute atomic E-state index is 12.5. The number of anilines is 2. The minimum atomic E-state index is 0.118. The number of hydrogen-bond acceptors (Lipinski definition) is 3. The van der Waals surface area contributed by atoms with Crippen LogP contribution in [0.3, 0.4) is 0 Å². The van der Waals surface area contributed by atoms with Crippen LogP contribution in [-0.2, 0) is 4.79 Å². The van der Waals surface area contributed by atoms with Crippen LogP contribution in [0.1, 0.15) is 36.6 Å². The lowest BCUT2D eigenvalue weighted by Crippen LogP contribution is -3.11. The summed E-state index contributed by atoms with van der Waals surface area (Å²) in [6.07, 6.45) is 4.95.